The second-order valence-corrected chi connectivity index (χ2v) is 2.67. The van der Waals surface area contributed by atoms with E-state index in [4.69, 9.17) is 10.2 Å². The lowest BCUT2D eigenvalue weighted by molar-refractivity contribution is 0.0941. The zero-order valence-electron chi connectivity index (χ0n) is 7.22. The fourth-order valence-corrected chi connectivity index (χ4v) is 0.854. The third-order valence-corrected chi connectivity index (χ3v) is 1.54. The molecule has 5 heteroatoms. The van der Waals surface area contributed by atoms with Gasteiger partial charge in [0.15, 0.2) is 0 Å². The van der Waals surface area contributed by atoms with Crippen LogP contribution in [0.4, 0.5) is 0 Å². The second-order valence-electron chi connectivity index (χ2n) is 2.67. The highest BCUT2D eigenvalue weighted by Crippen LogP contribution is 1.89. The third-order valence-electron chi connectivity index (χ3n) is 1.54. The number of hydrogen-bond donors (Lipinski definition) is 3. The molecule has 0 aromatic carbocycles. The molecule has 0 unspecified atom stereocenters. The highest BCUT2D eigenvalue weighted by molar-refractivity contribution is 4.96. The topological polar surface area (TPSA) is 78.3 Å². The van der Waals surface area contributed by atoms with Crippen molar-refractivity contribution in [2.75, 3.05) is 13.2 Å². The summed E-state index contributed by atoms with van der Waals surface area (Å²) in [6, 6.07) is 1.79. The molecule has 1 aromatic rings. The van der Waals surface area contributed by atoms with E-state index in [1.165, 1.54) is 6.33 Å². The smallest absolute Gasteiger partial charge is 0.115 e. The summed E-state index contributed by atoms with van der Waals surface area (Å²) in [5, 5.41) is 20.5. The molecule has 1 heterocycles. The molecule has 0 bridgehead atoms. The number of nitrogens with zero attached hydrogens (tertiary/aromatic N) is 2. The highest BCUT2D eigenvalue weighted by atomic mass is 16.3. The molecule has 1 atom stereocenters. The SMILES string of the molecule is OC[C@@H](O)CNCc1ccncn1. The molecule has 5 nitrogen and oxygen atoms in total. The average molecular weight is 183 g/mol. The molecule has 0 spiro atoms. The Labute approximate surface area is 76.5 Å². The van der Waals surface area contributed by atoms with Gasteiger partial charge < -0.3 is 15.5 Å². The maximum Gasteiger partial charge on any atom is 0.115 e. The van der Waals surface area contributed by atoms with Crippen molar-refractivity contribution in [1.82, 2.24) is 15.3 Å². The summed E-state index contributed by atoms with van der Waals surface area (Å²) < 4.78 is 0. The van der Waals surface area contributed by atoms with Crippen molar-refractivity contribution in [3.8, 4) is 0 Å². The van der Waals surface area contributed by atoms with E-state index in [1.54, 1.807) is 12.3 Å². The molecule has 1 aromatic heterocycles. The van der Waals surface area contributed by atoms with Crippen LogP contribution in [0.15, 0.2) is 18.6 Å². The minimum absolute atomic E-state index is 0.225. The van der Waals surface area contributed by atoms with E-state index in [1.807, 2.05) is 0 Å². The number of aromatic nitrogens is 2. The monoisotopic (exact) mass is 183 g/mol. The van der Waals surface area contributed by atoms with Gasteiger partial charge in [0.2, 0.25) is 0 Å². The zero-order chi connectivity index (χ0) is 9.52. The molecule has 1 rings (SSSR count). The Kier molecular flexibility index (Phi) is 4.31. The Morgan fingerprint density at radius 2 is 2.38 bits per heavy atom. The van der Waals surface area contributed by atoms with Crippen molar-refractivity contribution < 1.29 is 10.2 Å². The first kappa shape index (κ1) is 10.0. The Morgan fingerprint density at radius 3 is 3.00 bits per heavy atom. The average Bonchev–Trinajstić information content (AvgIpc) is 2.19. The predicted octanol–water partition coefficient (Wildman–Crippen LogP) is -1.08. The van der Waals surface area contributed by atoms with Gasteiger partial charge >= 0.3 is 0 Å². The summed E-state index contributed by atoms with van der Waals surface area (Å²) in [6.07, 6.45) is 2.42. The Balaban J connectivity index is 2.20. The molecule has 0 saturated heterocycles. The van der Waals surface area contributed by atoms with Crippen LogP contribution in [-0.4, -0.2) is 39.4 Å². The lowest BCUT2D eigenvalue weighted by Crippen LogP contribution is -2.29. The van der Waals surface area contributed by atoms with Crippen LogP contribution >= 0.6 is 0 Å². The fraction of sp³-hybridized carbons (Fsp3) is 0.500. The maximum absolute atomic E-state index is 8.99. The quantitative estimate of drug-likeness (QED) is 0.541. The van der Waals surface area contributed by atoms with Crippen molar-refractivity contribution in [3.63, 3.8) is 0 Å². The van der Waals surface area contributed by atoms with Crippen molar-refractivity contribution in [2.24, 2.45) is 0 Å². The first-order valence-corrected chi connectivity index (χ1v) is 4.07. The summed E-state index contributed by atoms with van der Waals surface area (Å²) in [5.41, 5.74) is 0.861. The molecule has 72 valence electrons. The summed E-state index contributed by atoms with van der Waals surface area (Å²) in [7, 11) is 0. The van der Waals surface area contributed by atoms with Crippen LogP contribution in [0.1, 0.15) is 5.69 Å². The standard InChI is InChI=1S/C8H13N3O2/c12-5-8(13)4-10-3-7-1-2-9-6-11-7/h1-2,6,8,10,12-13H,3-5H2/t8-/m0/s1. The van der Waals surface area contributed by atoms with Crippen LogP contribution < -0.4 is 5.32 Å². The molecular formula is C8H13N3O2. The molecule has 0 aliphatic heterocycles. The predicted molar refractivity (Wildman–Crippen MR) is 46.8 cm³/mol. The highest BCUT2D eigenvalue weighted by Gasteiger charge is 2.00. The van der Waals surface area contributed by atoms with E-state index < -0.39 is 6.10 Å². The number of rotatable bonds is 5. The van der Waals surface area contributed by atoms with E-state index in [0.29, 0.717) is 13.1 Å². The van der Waals surface area contributed by atoms with E-state index in [9.17, 15) is 0 Å². The molecule has 0 aliphatic carbocycles. The van der Waals surface area contributed by atoms with E-state index in [-0.39, 0.29) is 6.61 Å². The van der Waals surface area contributed by atoms with Gasteiger partial charge in [-0.1, -0.05) is 0 Å². The Morgan fingerprint density at radius 1 is 1.54 bits per heavy atom. The van der Waals surface area contributed by atoms with Crippen molar-refractivity contribution in [2.45, 2.75) is 12.6 Å². The van der Waals surface area contributed by atoms with Crippen LogP contribution in [0, 0.1) is 0 Å². The van der Waals surface area contributed by atoms with E-state index >= 15 is 0 Å². The third kappa shape index (κ3) is 3.93. The first-order chi connectivity index (χ1) is 6.33. The second kappa shape index (κ2) is 5.58. The van der Waals surface area contributed by atoms with Crippen LogP contribution in [0.5, 0.6) is 0 Å². The lowest BCUT2D eigenvalue weighted by Gasteiger charge is -2.07. The van der Waals surface area contributed by atoms with Gasteiger partial charge in [-0.2, -0.15) is 0 Å². The number of aliphatic hydroxyl groups excluding tert-OH is 2. The molecule has 13 heavy (non-hydrogen) atoms. The number of nitrogens with one attached hydrogen (secondary N) is 1. The summed E-state index contributed by atoms with van der Waals surface area (Å²) in [6.45, 7) is 0.705. The Bertz CT molecular complexity index is 230. The molecular weight excluding hydrogens is 170 g/mol. The van der Waals surface area contributed by atoms with Gasteiger partial charge in [-0.25, -0.2) is 9.97 Å². The van der Waals surface area contributed by atoms with Gasteiger partial charge in [-0.15, -0.1) is 0 Å². The van der Waals surface area contributed by atoms with Crippen LogP contribution in [0.3, 0.4) is 0 Å². The van der Waals surface area contributed by atoms with Crippen molar-refractivity contribution >= 4 is 0 Å². The van der Waals surface area contributed by atoms with E-state index in [0.717, 1.165) is 5.69 Å². The molecule has 0 radical (unpaired) electrons. The number of hydrogen-bond acceptors (Lipinski definition) is 5. The van der Waals surface area contributed by atoms with Gasteiger partial charge in [0.1, 0.15) is 6.33 Å². The molecule has 0 fully saturated rings. The normalized spacial score (nSPS) is 12.8. The van der Waals surface area contributed by atoms with Crippen molar-refractivity contribution in [3.05, 3.63) is 24.3 Å². The molecule has 0 saturated carbocycles. The largest absolute Gasteiger partial charge is 0.394 e. The van der Waals surface area contributed by atoms with Crippen LogP contribution in [0.25, 0.3) is 0 Å². The van der Waals surface area contributed by atoms with Gasteiger partial charge in [0, 0.05) is 19.3 Å². The van der Waals surface area contributed by atoms with Gasteiger partial charge in [-0.05, 0) is 6.07 Å². The summed E-state index contributed by atoms with van der Waals surface area (Å²) in [5.74, 6) is 0. The molecule has 0 aliphatic rings. The van der Waals surface area contributed by atoms with Crippen LogP contribution in [-0.2, 0) is 6.54 Å². The molecule has 0 amide bonds. The molecule has 3 N–H and O–H groups in total. The van der Waals surface area contributed by atoms with Crippen LogP contribution in [0.2, 0.25) is 0 Å². The maximum atomic E-state index is 8.99. The fourth-order valence-electron chi connectivity index (χ4n) is 0.854. The van der Waals surface area contributed by atoms with Gasteiger partial charge in [-0.3, -0.25) is 0 Å². The van der Waals surface area contributed by atoms with Gasteiger partial charge in [0.05, 0.1) is 18.4 Å². The zero-order valence-corrected chi connectivity index (χ0v) is 7.22. The number of aliphatic hydroxyl groups is 2. The van der Waals surface area contributed by atoms with Crippen molar-refractivity contribution in [1.29, 1.82) is 0 Å². The first-order valence-electron chi connectivity index (χ1n) is 4.07. The lowest BCUT2D eigenvalue weighted by atomic mass is 10.3. The summed E-state index contributed by atoms with van der Waals surface area (Å²) >= 11 is 0. The minimum Gasteiger partial charge on any atom is -0.394 e. The summed E-state index contributed by atoms with van der Waals surface area (Å²) in [4.78, 5) is 7.76. The minimum atomic E-state index is -0.707. The van der Waals surface area contributed by atoms with E-state index in [2.05, 4.69) is 15.3 Å². The van der Waals surface area contributed by atoms with Gasteiger partial charge in [0.25, 0.3) is 0 Å². The Hall–Kier alpha value is -1.04.